The van der Waals surface area contributed by atoms with Gasteiger partial charge >= 0.3 is 5.97 Å². The lowest BCUT2D eigenvalue weighted by Crippen LogP contribution is -2.43. The fourth-order valence-electron chi connectivity index (χ4n) is 2.00. The van der Waals surface area contributed by atoms with E-state index in [9.17, 15) is 14.5 Å². The van der Waals surface area contributed by atoms with Gasteiger partial charge in [0, 0.05) is 18.9 Å². The molecule has 1 fully saturated rings. The standard InChI is InChI=1S/C9H14N2O4S/c1-2-7(12)11-3-6(10-15)5(4-16)8(11)9(13)14/h5-6,8,16H,2-4H2,1H3,(H,13,14)/t5?,6-,8+/m1/s1. The summed E-state index contributed by atoms with van der Waals surface area (Å²) in [5.74, 6) is -1.66. The maximum absolute atomic E-state index is 11.5. The molecule has 0 radical (unpaired) electrons. The zero-order valence-electron chi connectivity index (χ0n) is 8.87. The lowest BCUT2D eigenvalue weighted by molar-refractivity contribution is -0.149. The highest BCUT2D eigenvalue weighted by Gasteiger charge is 2.47. The fourth-order valence-corrected chi connectivity index (χ4v) is 2.44. The van der Waals surface area contributed by atoms with Crippen molar-refractivity contribution < 1.29 is 14.7 Å². The van der Waals surface area contributed by atoms with Gasteiger partial charge in [-0.3, -0.25) is 4.79 Å². The highest BCUT2D eigenvalue weighted by molar-refractivity contribution is 7.80. The Morgan fingerprint density at radius 1 is 1.56 bits per heavy atom. The summed E-state index contributed by atoms with van der Waals surface area (Å²) in [4.78, 5) is 34.4. The molecule has 0 aromatic heterocycles. The van der Waals surface area contributed by atoms with E-state index < -0.39 is 24.0 Å². The summed E-state index contributed by atoms with van der Waals surface area (Å²) >= 11 is 4.02. The number of aliphatic carboxylic acids is 1. The van der Waals surface area contributed by atoms with Crippen LogP contribution in [-0.2, 0) is 9.59 Å². The van der Waals surface area contributed by atoms with Gasteiger partial charge in [-0.1, -0.05) is 12.1 Å². The lowest BCUT2D eigenvalue weighted by Gasteiger charge is -2.23. The molecule has 3 atom stereocenters. The van der Waals surface area contributed by atoms with E-state index in [1.165, 1.54) is 4.90 Å². The average Bonchev–Trinajstić information content (AvgIpc) is 2.66. The third kappa shape index (κ3) is 2.18. The first-order chi connectivity index (χ1) is 7.56. The summed E-state index contributed by atoms with van der Waals surface area (Å²) in [6, 6.07) is -1.65. The van der Waals surface area contributed by atoms with Crippen LogP contribution in [0.15, 0.2) is 5.18 Å². The summed E-state index contributed by atoms with van der Waals surface area (Å²) in [5.41, 5.74) is 0. The number of carboxylic acid groups (broad SMARTS) is 1. The molecule has 0 aliphatic carbocycles. The number of carbonyl (C=O) groups is 2. The molecular weight excluding hydrogens is 232 g/mol. The minimum atomic E-state index is -1.10. The van der Waals surface area contributed by atoms with Gasteiger partial charge in [0.15, 0.2) is 0 Å². The van der Waals surface area contributed by atoms with Crippen LogP contribution < -0.4 is 0 Å². The van der Waals surface area contributed by atoms with Crippen LogP contribution in [0.3, 0.4) is 0 Å². The van der Waals surface area contributed by atoms with Gasteiger partial charge in [0.2, 0.25) is 5.91 Å². The normalized spacial score (nSPS) is 29.1. The Balaban J connectivity index is 2.97. The van der Waals surface area contributed by atoms with E-state index in [1.54, 1.807) is 6.92 Å². The maximum atomic E-state index is 11.5. The van der Waals surface area contributed by atoms with Gasteiger partial charge in [0.1, 0.15) is 12.1 Å². The van der Waals surface area contributed by atoms with E-state index in [0.29, 0.717) is 0 Å². The number of nitrogens with zero attached hydrogens (tertiary/aromatic N) is 2. The summed E-state index contributed by atoms with van der Waals surface area (Å²) in [7, 11) is 0. The lowest BCUT2D eigenvalue weighted by atomic mass is 9.99. The van der Waals surface area contributed by atoms with Crippen LogP contribution >= 0.6 is 12.6 Å². The Morgan fingerprint density at radius 3 is 2.56 bits per heavy atom. The van der Waals surface area contributed by atoms with E-state index in [2.05, 4.69) is 17.8 Å². The molecule has 0 bridgehead atoms. The molecule has 0 saturated carbocycles. The summed E-state index contributed by atoms with van der Waals surface area (Å²) in [6.07, 6.45) is 0.217. The SMILES string of the molecule is CCC(=O)N1C[C@@H](N=O)C(CS)[C@H]1C(=O)O. The molecule has 1 aliphatic rings. The van der Waals surface area contributed by atoms with Crippen LogP contribution in [0.5, 0.6) is 0 Å². The van der Waals surface area contributed by atoms with Crippen molar-refractivity contribution in [3.63, 3.8) is 0 Å². The summed E-state index contributed by atoms with van der Waals surface area (Å²) in [6.45, 7) is 1.73. The number of hydrogen-bond acceptors (Lipinski definition) is 5. The molecule has 1 heterocycles. The number of amides is 1. The van der Waals surface area contributed by atoms with E-state index in [-0.39, 0.29) is 24.6 Å². The van der Waals surface area contributed by atoms with Crippen LogP contribution in [0.25, 0.3) is 0 Å². The number of rotatable bonds is 4. The molecule has 1 rings (SSSR count). The molecule has 1 N–H and O–H groups in total. The number of hydrogen-bond donors (Lipinski definition) is 2. The number of carboxylic acids is 1. The van der Waals surface area contributed by atoms with Crippen LogP contribution in [0.1, 0.15) is 13.3 Å². The Hall–Kier alpha value is -1.11. The second kappa shape index (κ2) is 5.29. The van der Waals surface area contributed by atoms with Gasteiger partial charge in [-0.05, 0) is 5.75 Å². The number of carbonyl (C=O) groups excluding carboxylic acids is 1. The molecule has 6 nitrogen and oxygen atoms in total. The third-order valence-electron chi connectivity index (χ3n) is 2.84. The van der Waals surface area contributed by atoms with Crippen molar-refractivity contribution in [3.8, 4) is 0 Å². The van der Waals surface area contributed by atoms with E-state index in [1.807, 2.05) is 0 Å². The fraction of sp³-hybridized carbons (Fsp3) is 0.778. The van der Waals surface area contributed by atoms with Crippen molar-refractivity contribution in [1.82, 2.24) is 4.90 Å². The second-order valence-electron chi connectivity index (χ2n) is 3.70. The monoisotopic (exact) mass is 246 g/mol. The smallest absolute Gasteiger partial charge is 0.326 e. The third-order valence-corrected chi connectivity index (χ3v) is 3.26. The first kappa shape index (κ1) is 13.0. The average molecular weight is 246 g/mol. The first-order valence-electron chi connectivity index (χ1n) is 5.02. The number of thiol groups is 1. The van der Waals surface area contributed by atoms with Crippen molar-refractivity contribution in [1.29, 1.82) is 0 Å². The Morgan fingerprint density at radius 2 is 2.19 bits per heavy atom. The van der Waals surface area contributed by atoms with Crippen LogP contribution in [0.4, 0.5) is 0 Å². The van der Waals surface area contributed by atoms with Gasteiger partial charge < -0.3 is 10.0 Å². The molecule has 0 aromatic carbocycles. The van der Waals surface area contributed by atoms with Crippen LogP contribution in [0, 0.1) is 10.8 Å². The first-order valence-corrected chi connectivity index (χ1v) is 5.65. The molecule has 1 unspecified atom stereocenters. The maximum Gasteiger partial charge on any atom is 0.326 e. The van der Waals surface area contributed by atoms with Crippen molar-refractivity contribution in [2.45, 2.75) is 25.4 Å². The Kier molecular flexibility index (Phi) is 4.28. The van der Waals surface area contributed by atoms with Crippen molar-refractivity contribution in [2.75, 3.05) is 12.3 Å². The van der Waals surface area contributed by atoms with Gasteiger partial charge in [-0.2, -0.15) is 17.5 Å². The summed E-state index contributed by atoms with van der Waals surface area (Å²) < 4.78 is 0. The molecule has 1 amide bonds. The number of nitroso groups, excluding NO2 is 1. The molecular formula is C9H14N2O4S. The van der Waals surface area contributed by atoms with E-state index >= 15 is 0 Å². The van der Waals surface area contributed by atoms with Crippen molar-refractivity contribution in [3.05, 3.63) is 4.91 Å². The highest BCUT2D eigenvalue weighted by atomic mass is 32.1. The molecule has 7 heteroatoms. The van der Waals surface area contributed by atoms with Gasteiger partial charge in [0.25, 0.3) is 0 Å². The molecule has 1 saturated heterocycles. The predicted molar refractivity (Wildman–Crippen MR) is 60.4 cm³/mol. The second-order valence-corrected chi connectivity index (χ2v) is 4.07. The highest BCUT2D eigenvalue weighted by Crippen LogP contribution is 2.28. The van der Waals surface area contributed by atoms with Crippen molar-refractivity contribution >= 4 is 24.5 Å². The Labute approximate surface area is 98.4 Å². The largest absolute Gasteiger partial charge is 0.480 e. The number of likely N-dealkylation sites (tertiary alicyclic amines) is 1. The van der Waals surface area contributed by atoms with Gasteiger partial charge in [-0.15, -0.1) is 0 Å². The zero-order valence-corrected chi connectivity index (χ0v) is 9.76. The van der Waals surface area contributed by atoms with E-state index in [0.717, 1.165) is 0 Å². The van der Waals surface area contributed by atoms with Crippen LogP contribution in [0.2, 0.25) is 0 Å². The summed E-state index contributed by atoms with van der Waals surface area (Å²) in [5, 5.41) is 12.0. The van der Waals surface area contributed by atoms with Gasteiger partial charge in [0.05, 0.1) is 0 Å². The minimum absolute atomic E-state index is 0.0817. The molecule has 1 aliphatic heterocycles. The molecule has 16 heavy (non-hydrogen) atoms. The Bertz CT molecular complexity index is 310. The quantitative estimate of drug-likeness (QED) is 0.554. The predicted octanol–water partition coefficient (Wildman–Crippen LogP) is 0.373. The topological polar surface area (TPSA) is 87.0 Å². The zero-order chi connectivity index (χ0) is 12.3. The molecule has 90 valence electrons. The van der Waals surface area contributed by atoms with E-state index in [4.69, 9.17) is 5.11 Å². The van der Waals surface area contributed by atoms with Crippen LogP contribution in [-0.4, -0.2) is 46.3 Å². The molecule has 0 spiro atoms. The minimum Gasteiger partial charge on any atom is -0.480 e. The van der Waals surface area contributed by atoms with Gasteiger partial charge in [-0.25, -0.2) is 4.79 Å². The molecule has 0 aromatic rings. The van der Waals surface area contributed by atoms with Crippen molar-refractivity contribution in [2.24, 2.45) is 11.1 Å².